The van der Waals surface area contributed by atoms with E-state index in [4.69, 9.17) is 0 Å². The van der Waals surface area contributed by atoms with Crippen molar-refractivity contribution in [3.63, 3.8) is 0 Å². The van der Waals surface area contributed by atoms with E-state index in [1.807, 2.05) is 28.7 Å². The summed E-state index contributed by atoms with van der Waals surface area (Å²) in [5.74, 6) is -3.38. The lowest BCUT2D eigenvalue weighted by atomic mass is 9.92. The van der Waals surface area contributed by atoms with Crippen LogP contribution in [0, 0.1) is 26.5 Å². The van der Waals surface area contributed by atoms with E-state index < -0.39 is 23.3 Å². The fourth-order valence-electron chi connectivity index (χ4n) is 1.87. The summed E-state index contributed by atoms with van der Waals surface area (Å²) >= 11 is 5.23. The fourth-order valence-corrected chi connectivity index (χ4v) is 2.83. The van der Waals surface area contributed by atoms with Gasteiger partial charge in [-0.25, -0.2) is 8.78 Å². The monoisotopic (exact) mass is 461 g/mol. The van der Waals surface area contributed by atoms with Crippen LogP contribution in [0.15, 0.2) is 40.9 Å². The Morgan fingerprint density at radius 2 is 1.81 bits per heavy atom. The van der Waals surface area contributed by atoms with Crippen molar-refractivity contribution in [1.82, 2.24) is 0 Å². The Morgan fingerprint density at radius 1 is 1.19 bits per heavy atom. The van der Waals surface area contributed by atoms with Crippen molar-refractivity contribution >= 4 is 44.3 Å². The zero-order valence-electron chi connectivity index (χ0n) is 10.4. The van der Waals surface area contributed by atoms with Crippen molar-refractivity contribution in [2.45, 2.75) is 5.92 Å². The van der Waals surface area contributed by atoms with Gasteiger partial charge >= 0.3 is 0 Å². The number of nitriles is 1. The molecule has 1 atom stereocenters. The molecule has 0 amide bonds. The predicted octanol–water partition coefficient (Wildman–Crippen LogP) is 4.82. The molecule has 2 aromatic rings. The van der Waals surface area contributed by atoms with Gasteiger partial charge in [-0.2, -0.15) is 5.26 Å². The Hall–Kier alpha value is -1.33. The normalized spacial score (nSPS) is 11.8. The number of hydrogen-bond donors (Lipinski definition) is 0. The number of carbonyl (C=O) groups is 1. The highest BCUT2D eigenvalue weighted by Gasteiger charge is 2.24. The standard InChI is InChI=1S/C15H7BrF2INO/c16-9-1-2-14(19)12(5-9)15(21)13(7-20)8-3-10(17)6-11(18)4-8/h1-6,13H. The second-order valence-electron chi connectivity index (χ2n) is 4.25. The van der Waals surface area contributed by atoms with Crippen LogP contribution in [0.4, 0.5) is 8.78 Å². The molecule has 0 spiro atoms. The summed E-state index contributed by atoms with van der Waals surface area (Å²) in [7, 11) is 0. The van der Waals surface area contributed by atoms with E-state index in [2.05, 4.69) is 15.9 Å². The van der Waals surface area contributed by atoms with Gasteiger partial charge in [0.15, 0.2) is 5.78 Å². The summed E-state index contributed by atoms with van der Waals surface area (Å²) in [6.07, 6.45) is 0. The summed E-state index contributed by atoms with van der Waals surface area (Å²) in [6, 6.07) is 9.59. The van der Waals surface area contributed by atoms with Gasteiger partial charge in [0.1, 0.15) is 17.6 Å². The van der Waals surface area contributed by atoms with Crippen molar-refractivity contribution in [2.24, 2.45) is 0 Å². The largest absolute Gasteiger partial charge is 0.292 e. The highest BCUT2D eigenvalue weighted by Crippen LogP contribution is 2.26. The van der Waals surface area contributed by atoms with Crippen LogP contribution in [0.1, 0.15) is 21.8 Å². The number of benzene rings is 2. The Bertz CT molecular complexity index is 738. The van der Waals surface area contributed by atoms with Crippen molar-refractivity contribution in [3.05, 3.63) is 67.2 Å². The fraction of sp³-hybridized carbons (Fsp3) is 0.0667. The summed E-state index contributed by atoms with van der Waals surface area (Å²) in [4.78, 5) is 12.5. The number of Topliss-reactive ketones (excluding diaryl/α,β-unsaturated/α-hetero) is 1. The van der Waals surface area contributed by atoms with Gasteiger partial charge in [0.2, 0.25) is 0 Å². The van der Waals surface area contributed by atoms with Crippen LogP contribution in [0.25, 0.3) is 0 Å². The Morgan fingerprint density at radius 3 is 2.38 bits per heavy atom. The maximum atomic E-state index is 13.3. The van der Waals surface area contributed by atoms with E-state index in [0.717, 1.165) is 12.1 Å². The molecule has 2 nitrogen and oxygen atoms in total. The lowest BCUT2D eigenvalue weighted by Crippen LogP contribution is -2.13. The van der Waals surface area contributed by atoms with Crippen LogP contribution in [-0.4, -0.2) is 5.78 Å². The molecule has 0 radical (unpaired) electrons. The van der Waals surface area contributed by atoms with Crippen LogP contribution in [-0.2, 0) is 0 Å². The van der Waals surface area contributed by atoms with Crippen molar-refractivity contribution in [3.8, 4) is 6.07 Å². The molecule has 0 fully saturated rings. The first kappa shape index (κ1) is 16.0. The quantitative estimate of drug-likeness (QED) is 0.485. The summed E-state index contributed by atoms with van der Waals surface area (Å²) in [5, 5.41) is 9.22. The Kier molecular flexibility index (Phi) is 5.06. The molecule has 2 aromatic carbocycles. The number of carbonyl (C=O) groups excluding carboxylic acids is 1. The third-order valence-electron chi connectivity index (χ3n) is 2.80. The topological polar surface area (TPSA) is 40.9 Å². The average molecular weight is 462 g/mol. The molecular formula is C15H7BrF2INO. The van der Waals surface area contributed by atoms with Gasteiger partial charge in [-0.3, -0.25) is 4.79 Å². The second kappa shape index (κ2) is 6.62. The molecule has 0 aliphatic heterocycles. The minimum Gasteiger partial charge on any atom is -0.292 e. The van der Waals surface area contributed by atoms with Crippen LogP contribution in [0.3, 0.4) is 0 Å². The minimum absolute atomic E-state index is 0.00998. The zero-order chi connectivity index (χ0) is 15.6. The molecule has 0 aliphatic carbocycles. The third-order valence-corrected chi connectivity index (χ3v) is 4.24. The third kappa shape index (κ3) is 3.66. The molecule has 0 saturated heterocycles. The van der Waals surface area contributed by atoms with Crippen LogP contribution >= 0.6 is 38.5 Å². The van der Waals surface area contributed by atoms with E-state index in [-0.39, 0.29) is 5.56 Å². The van der Waals surface area contributed by atoms with Crippen molar-refractivity contribution < 1.29 is 13.6 Å². The Balaban J connectivity index is 2.48. The molecular weight excluding hydrogens is 455 g/mol. The molecule has 21 heavy (non-hydrogen) atoms. The number of ketones is 1. The highest BCUT2D eigenvalue weighted by molar-refractivity contribution is 14.1. The van der Waals surface area contributed by atoms with E-state index >= 15 is 0 Å². The first-order valence-electron chi connectivity index (χ1n) is 5.77. The molecule has 0 saturated carbocycles. The lowest BCUT2D eigenvalue weighted by Gasteiger charge is -2.11. The first-order valence-corrected chi connectivity index (χ1v) is 7.64. The number of rotatable bonds is 3. The molecule has 0 bridgehead atoms. The summed E-state index contributed by atoms with van der Waals surface area (Å²) in [6.45, 7) is 0. The van der Waals surface area contributed by atoms with Crippen molar-refractivity contribution in [2.75, 3.05) is 0 Å². The van der Waals surface area contributed by atoms with Gasteiger partial charge in [-0.05, 0) is 58.5 Å². The second-order valence-corrected chi connectivity index (χ2v) is 6.33. The predicted molar refractivity (Wildman–Crippen MR) is 85.9 cm³/mol. The Labute approximate surface area is 142 Å². The molecule has 6 heteroatoms. The smallest absolute Gasteiger partial charge is 0.185 e. The zero-order valence-corrected chi connectivity index (χ0v) is 14.2. The van der Waals surface area contributed by atoms with Gasteiger partial charge in [0.25, 0.3) is 0 Å². The van der Waals surface area contributed by atoms with Gasteiger partial charge in [-0.1, -0.05) is 15.9 Å². The van der Waals surface area contributed by atoms with Crippen molar-refractivity contribution in [1.29, 1.82) is 5.26 Å². The maximum absolute atomic E-state index is 13.3. The number of nitrogens with zero attached hydrogens (tertiary/aromatic N) is 1. The van der Waals surface area contributed by atoms with Crippen LogP contribution in [0.2, 0.25) is 0 Å². The van der Waals surface area contributed by atoms with Crippen LogP contribution < -0.4 is 0 Å². The van der Waals surface area contributed by atoms with E-state index in [1.54, 1.807) is 18.2 Å². The van der Waals surface area contributed by atoms with Crippen LogP contribution in [0.5, 0.6) is 0 Å². The molecule has 2 rings (SSSR count). The van der Waals surface area contributed by atoms with E-state index in [1.165, 1.54) is 0 Å². The summed E-state index contributed by atoms with van der Waals surface area (Å²) in [5.41, 5.74) is 0.344. The first-order chi connectivity index (χ1) is 9.92. The van der Waals surface area contributed by atoms with Gasteiger partial charge in [-0.15, -0.1) is 0 Å². The maximum Gasteiger partial charge on any atom is 0.185 e. The van der Waals surface area contributed by atoms with E-state index in [0.29, 0.717) is 19.7 Å². The molecule has 0 aromatic heterocycles. The SMILES string of the molecule is N#CC(C(=O)c1cc(Br)ccc1I)c1cc(F)cc(F)c1. The van der Waals surface area contributed by atoms with E-state index in [9.17, 15) is 18.8 Å². The number of hydrogen-bond acceptors (Lipinski definition) is 2. The number of halogens is 4. The molecule has 1 unspecified atom stereocenters. The highest BCUT2D eigenvalue weighted by atomic mass is 127. The van der Waals surface area contributed by atoms with Gasteiger partial charge in [0.05, 0.1) is 6.07 Å². The molecule has 106 valence electrons. The summed E-state index contributed by atoms with van der Waals surface area (Å²) < 4.78 is 27.9. The van der Waals surface area contributed by atoms with Gasteiger partial charge in [0, 0.05) is 19.7 Å². The van der Waals surface area contributed by atoms with Gasteiger partial charge < -0.3 is 0 Å². The average Bonchev–Trinajstić information content (AvgIpc) is 2.41. The molecule has 0 aliphatic rings. The minimum atomic E-state index is -1.25. The lowest BCUT2D eigenvalue weighted by molar-refractivity contribution is 0.0978. The molecule has 0 N–H and O–H groups in total. The molecule has 0 heterocycles.